The molecule has 4 rings (SSSR count). The summed E-state index contributed by atoms with van der Waals surface area (Å²) in [6.45, 7) is 3.14. The summed E-state index contributed by atoms with van der Waals surface area (Å²) in [4.78, 5) is 13.8. The van der Waals surface area contributed by atoms with Crippen LogP contribution in [0, 0.1) is 6.92 Å². The number of sulfonamides is 1. The van der Waals surface area contributed by atoms with E-state index in [1.165, 1.54) is 21.2 Å². The van der Waals surface area contributed by atoms with Gasteiger partial charge in [0.25, 0.3) is 0 Å². The second-order valence-corrected chi connectivity index (χ2v) is 8.99. The fraction of sp³-hybridized carbons (Fsp3) is 0.300. The van der Waals surface area contributed by atoms with Gasteiger partial charge in [0.1, 0.15) is 6.54 Å². The van der Waals surface area contributed by atoms with E-state index in [1.54, 1.807) is 12.1 Å². The summed E-state index contributed by atoms with van der Waals surface area (Å²) in [5, 5.41) is 14.9. The first kappa shape index (κ1) is 21.1. The number of benzene rings is 2. The van der Waals surface area contributed by atoms with Crippen LogP contribution in [0.25, 0.3) is 11.4 Å². The molecule has 1 fully saturated rings. The average molecular weight is 443 g/mol. The van der Waals surface area contributed by atoms with Crippen LogP contribution in [0.2, 0.25) is 0 Å². The van der Waals surface area contributed by atoms with E-state index in [4.69, 9.17) is 4.74 Å². The Hall–Kier alpha value is -3.15. The first-order chi connectivity index (χ1) is 14.9. The van der Waals surface area contributed by atoms with Crippen LogP contribution >= 0.6 is 0 Å². The zero-order chi connectivity index (χ0) is 21.8. The third-order valence-electron chi connectivity index (χ3n) is 4.85. The molecule has 0 aliphatic carbocycles. The lowest BCUT2D eigenvalue weighted by molar-refractivity contribution is -0.117. The van der Waals surface area contributed by atoms with Crippen LogP contribution in [0.3, 0.4) is 0 Å². The molecule has 1 aromatic heterocycles. The number of morpholine rings is 1. The van der Waals surface area contributed by atoms with Gasteiger partial charge in [0.15, 0.2) is 0 Å². The van der Waals surface area contributed by atoms with Crippen LogP contribution in [-0.2, 0) is 26.1 Å². The maximum atomic E-state index is 12.8. The number of aryl methyl sites for hydroxylation is 1. The molecule has 2 heterocycles. The van der Waals surface area contributed by atoms with Gasteiger partial charge in [-0.25, -0.2) is 8.42 Å². The van der Waals surface area contributed by atoms with Crippen molar-refractivity contribution in [2.45, 2.75) is 18.4 Å². The molecule has 0 radical (unpaired) electrons. The van der Waals surface area contributed by atoms with E-state index in [2.05, 4.69) is 20.7 Å². The lowest BCUT2D eigenvalue weighted by Gasteiger charge is -2.26. The average Bonchev–Trinajstić information content (AvgIpc) is 3.23. The number of hydrogen-bond donors (Lipinski definition) is 1. The number of hydrogen-bond acceptors (Lipinski definition) is 7. The quantitative estimate of drug-likeness (QED) is 0.611. The molecule has 31 heavy (non-hydrogen) atoms. The van der Waals surface area contributed by atoms with Gasteiger partial charge in [-0.3, -0.25) is 4.79 Å². The third kappa shape index (κ3) is 4.79. The van der Waals surface area contributed by atoms with E-state index in [9.17, 15) is 13.2 Å². The minimum Gasteiger partial charge on any atom is -0.379 e. The summed E-state index contributed by atoms with van der Waals surface area (Å²) in [5.74, 6) is 0.0409. The van der Waals surface area contributed by atoms with Crippen molar-refractivity contribution in [2.75, 3.05) is 31.6 Å². The molecule has 11 heteroatoms. The van der Waals surface area contributed by atoms with Crippen molar-refractivity contribution in [1.29, 1.82) is 0 Å². The minimum absolute atomic E-state index is 0.118. The molecule has 162 valence electrons. The van der Waals surface area contributed by atoms with Crippen molar-refractivity contribution < 1.29 is 17.9 Å². The van der Waals surface area contributed by atoms with E-state index in [-0.39, 0.29) is 11.4 Å². The molecule has 0 unspecified atom stereocenters. The monoisotopic (exact) mass is 442 g/mol. The molecule has 3 aromatic rings. The van der Waals surface area contributed by atoms with Crippen molar-refractivity contribution in [3.63, 3.8) is 0 Å². The molecule has 0 saturated carbocycles. The van der Waals surface area contributed by atoms with Crippen LogP contribution in [0.5, 0.6) is 0 Å². The Morgan fingerprint density at radius 2 is 1.90 bits per heavy atom. The Bertz CT molecular complexity index is 1190. The molecule has 1 N–H and O–H groups in total. The maximum absolute atomic E-state index is 12.8. The Morgan fingerprint density at radius 1 is 1.13 bits per heavy atom. The zero-order valence-electron chi connectivity index (χ0n) is 16.9. The van der Waals surface area contributed by atoms with Crippen molar-refractivity contribution in [1.82, 2.24) is 24.5 Å². The van der Waals surface area contributed by atoms with Gasteiger partial charge in [-0.2, -0.15) is 9.10 Å². The topological polar surface area (TPSA) is 119 Å². The smallest absolute Gasteiger partial charge is 0.248 e. The van der Waals surface area contributed by atoms with E-state index >= 15 is 0 Å². The van der Waals surface area contributed by atoms with Gasteiger partial charge >= 0.3 is 0 Å². The second kappa shape index (κ2) is 8.92. The number of nitrogens with one attached hydrogen (secondary N) is 1. The highest BCUT2D eigenvalue weighted by molar-refractivity contribution is 7.89. The van der Waals surface area contributed by atoms with E-state index < -0.39 is 15.9 Å². The Labute approximate surface area is 179 Å². The molecule has 1 amide bonds. The lowest BCUT2D eigenvalue weighted by atomic mass is 10.1. The van der Waals surface area contributed by atoms with E-state index in [1.807, 2.05) is 31.2 Å². The van der Waals surface area contributed by atoms with E-state index in [0.717, 1.165) is 11.1 Å². The maximum Gasteiger partial charge on any atom is 0.248 e. The van der Waals surface area contributed by atoms with Gasteiger partial charge in [0.05, 0.1) is 18.1 Å². The SMILES string of the molecule is Cc1ccccc1-c1nnn(CC(=O)Nc2cccc(S(=O)(=O)N3CCOCC3)c2)n1. The molecule has 0 spiro atoms. The number of nitrogens with zero attached hydrogens (tertiary/aromatic N) is 5. The summed E-state index contributed by atoms with van der Waals surface area (Å²) in [6, 6.07) is 13.8. The van der Waals surface area contributed by atoms with Gasteiger partial charge in [-0.05, 0) is 35.9 Å². The first-order valence-electron chi connectivity index (χ1n) is 9.75. The van der Waals surface area contributed by atoms with Crippen molar-refractivity contribution in [3.05, 3.63) is 54.1 Å². The number of rotatable bonds is 6. The fourth-order valence-corrected chi connectivity index (χ4v) is 4.70. The standard InChI is InChI=1S/C20H22N6O4S/c1-15-5-2-3-8-18(15)20-22-24-26(23-20)14-19(27)21-16-6-4-7-17(13-16)31(28,29)25-9-11-30-12-10-25/h2-8,13H,9-12,14H2,1H3,(H,21,27). The predicted molar refractivity (Wildman–Crippen MR) is 113 cm³/mol. The van der Waals surface area contributed by atoms with Gasteiger partial charge in [-0.1, -0.05) is 30.3 Å². The lowest BCUT2D eigenvalue weighted by Crippen LogP contribution is -2.40. The molecule has 0 bridgehead atoms. The highest BCUT2D eigenvalue weighted by Crippen LogP contribution is 2.21. The molecular formula is C20H22N6O4S. The second-order valence-electron chi connectivity index (χ2n) is 7.05. The highest BCUT2D eigenvalue weighted by atomic mass is 32.2. The molecule has 1 aliphatic heterocycles. The van der Waals surface area contributed by atoms with Crippen LogP contribution in [0.15, 0.2) is 53.4 Å². The summed E-state index contributed by atoms with van der Waals surface area (Å²) in [7, 11) is -3.65. The number of amides is 1. The van der Waals surface area contributed by atoms with Crippen LogP contribution in [0.4, 0.5) is 5.69 Å². The highest BCUT2D eigenvalue weighted by Gasteiger charge is 2.26. The van der Waals surface area contributed by atoms with Crippen molar-refractivity contribution in [2.24, 2.45) is 0 Å². The molecule has 1 aliphatic rings. The molecular weight excluding hydrogens is 420 g/mol. The Morgan fingerprint density at radius 3 is 2.68 bits per heavy atom. The summed E-state index contributed by atoms with van der Waals surface area (Å²) >= 11 is 0. The third-order valence-corrected chi connectivity index (χ3v) is 6.74. The normalized spacial score (nSPS) is 15.0. The minimum atomic E-state index is -3.65. The number of ether oxygens (including phenoxy) is 1. The van der Waals surface area contributed by atoms with Crippen LogP contribution in [0.1, 0.15) is 5.56 Å². The number of carbonyl (C=O) groups is 1. The largest absolute Gasteiger partial charge is 0.379 e. The van der Waals surface area contributed by atoms with Gasteiger partial charge in [-0.15, -0.1) is 10.2 Å². The molecule has 10 nitrogen and oxygen atoms in total. The summed E-state index contributed by atoms with van der Waals surface area (Å²) in [5.41, 5.74) is 2.22. The Balaban J connectivity index is 1.44. The molecule has 2 aromatic carbocycles. The first-order valence-corrected chi connectivity index (χ1v) is 11.2. The van der Waals surface area contributed by atoms with Crippen molar-refractivity contribution >= 4 is 21.6 Å². The van der Waals surface area contributed by atoms with Gasteiger partial charge in [0.2, 0.25) is 21.8 Å². The van der Waals surface area contributed by atoms with Crippen LogP contribution in [-0.4, -0.2) is 65.1 Å². The zero-order valence-corrected chi connectivity index (χ0v) is 17.7. The number of carbonyl (C=O) groups excluding carboxylic acids is 1. The van der Waals surface area contributed by atoms with Crippen molar-refractivity contribution in [3.8, 4) is 11.4 Å². The van der Waals surface area contributed by atoms with Gasteiger partial charge < -0.3 is 10.1 Å². The number of tetrazole rings is 1. The molecule has 0 atom stereocenters. The number of aromatic nitrogens is 4. The predicted octanol–water partition coefficient (Wildman–Crippen LogP) is 1.31. The summed E-state index contributed by atoms with van der Waals surface area (Å²) in [6.07, 6.45) is 0. The Kier molecular flexibility index (Phi) is 6.07. The summed E-state index contributed by atoms with van der Waals surface area (Å²) < 4.78 is 32.2. The van der Waals surface area contributed by atoms with Crippen LogP contribution < -0.4 is 5.32 Å². The number of anilines is 1. The molecule has 1 saturated heterocycles. The van der Waals surface area contributed by atoms with Gasteiger partial charge in [0, 0.05) is 24.3 Å². The van der Waals surface area contributed by atoms with E-state index in [0.29, 0.717) is 37.8 Å². The fourth-order valence-electron chi connectivity index (χ4n) is 3.24.